The minimum atomic E-state index is -0.226. The highest BCUT2D eigenvalue weighted by molar-refractivity contribution is 7.09. The number of aryl methyl sites for hydroxylation is 1. The number of guanidine groups is 1. The number of benzene rings is 1. The predicted molar refractivity (Wildman–Crippen MR) is 84.9 cm³/mol. The van der Waals surface area contributed by atoms with Crippen LogP contribution in [0.15, 0.2) is 34.8 Å². The third kappa shape index (κ3) is 4.53. The van der Waals surface area contributed by atoms with Gasteiger partial charge in [-0.15, -0.1) is 11.3 Å². The first-order valence-electron chi connectivity index (χ1n) is 6.85. The summed E-state index contributed by atoms with van der Waals surface area (Å²) in [7, 11) is 0. The molecular formula is C15H19FN4S. The van der Waals surface area contributed by atoms with E-state index in [1.807, 2.05) is 25.4 Å². The molecule has 6 heteroatoms. The van der Waals surface area contributed by atoms with Crippen LogP contribution >= 0.6 is 11.3 Å². The molecule has 1 aromatic carbocycles. The first-order chi connectivity index (χ1) is 10.2. The van der Waals surface area contributed by atoms with Gasteiger partial charge in [0, 0.05) is 17.0 Å². The van der Waals surface area contributed by atoms with Crippen LogP contribution in [0, 0.1) is 12.7 Å². The van der Waals surface area contributed by atoms with E-state index in [0.717, 1.165) is 12.2 Å². The standard InChI is InChI=1S/C15H19FN4S/c1-3-17-15(19-9-14-11(2)20-10-21-14)18-8-12-6-4-5-7-13(12)16/h4-7,10H,3,8-9H2,1-2H3,(H2,17,18,19). The Kier molecular flexibility index (Phi) is 5.68. The van der Waals surface area contributed by atoms with Crippen molar-refractivity contribution < 1.29 is 4.39 Å². The van der Waals surface area contributed by atoms with Gasteiger partial charge in [-0.1, -0.05) is 18.2 Å². The van der Waals surface area contributed by atoms with E-state index in [1.165, 1.54) is 10.9 Å². The molecule has 1 aromatic heterocycles. The van der Waals surface area contributed by atoms with Crippen molar-refractivity contribution in [2.75, 3.05) is 6.54 Å². The molecule has 0 atom stereocenters. The van der Waals surface area contributed by atoms with Gasteiger partial charge >= 0.3 is 0 Å². The molecule has 0 saturated carbocycles. The molecular weight excluding hydrogens is 287 g/mol. The molecule has 0 amide bonds. The summed E-state index contributed by atoms with van der Waals surface area (Å²) in [6, 6.07) is 6.69. The lowest BCUT2D eigenvalue weighted by molar-refractivity contribution is 0.610. The second-order valence-corrected chi connectivity index (χ2v) is 5.44. The second kappa shape index (κ2) is 7.73. The summed E-state index contributed by atoms with van der Waals surface area (Å²) in [5, 5.41) is 6.40. The molecule has 1 heterocycles. The summed E-state index contributed by atoms with van der Waals surface area (Å²) in [5.74, 6) is 0.448. The van der Waals surface area contributed by atoms with Gasteiger partial charge in [0.1, 0.15) is 5.82 Å². The summed E-state index contributed by atoms with van der Waals surface area (Å²) in [4.78, 5) is 9.80. The third-order valence-corrected chi connectivity index (χ3v) is 3.91. The number of hydrogen-bond donors (Lipinski definition) is 2. The van der Waals surface area contributed by atoms with Crippen molar-refractivity contribution >= 4 is 17.3 Å². The first-order valence-corrected chi connectivity index (χ1v) is 7.73. The lowest BCUT2D eigenvalue weighted by Gasteiger charge is -2.11. The summed E-state index contributed by atoms with van der Waals surface area (Å²) >= 11 is 1.61. The molecule has 0 radical (unpaired) electrons. The number of nitrogens with one attached hydrogen (secondary N) is 2. The Morgan fingerprint density at radius 1 is 1.33 bits per heavy atom. The summed E-state index contributed by atoms with van der Waals surface area (Å²) < 4.78 is 13.6. The smallest absolute Gasteiger partial charge is 0.191 e. The molecule has 0 aliphatic rings. The van der Waals surface area contributed by atoms with Crippen LogP contribution in [0.5, 0.6) is 0 Å². The van der Waals surface area contributed by atoms with Crippen molar-refractivity contribution in [1.82, 2.24) is 15.6 Å². The maximum atomic E-state index is 13.6. The second-order valence-electron chi connectivity index (χ2n) is 4.50. The van der Waals surface area contributed by atoms with Crippen molar-refractivity contribution in [2.24, 2.45) is 4.99 Å². The van der Waals surface area contributed by atoms with Crippen molar-refractivity contribution in [1.29, 1.82) is 0 Å². The van der Waals surface area contributed by atoms with Crippen LogP contribution < -0.4 is 10.6 Å². The maximum absolute atomic E-state index is 13.6. The van der Waals surface area contributed by atoms with E-state index in [0.29, 0.717) is 24.6 Å². The molecule has 4 nitrogen and oxygen atoms in total. The molecule has 0 unspecified atom stereocenters. The zero-order valence-corrected chi connectivity index (χ0v) is 13.0. The van der Waals surface area contributed by atoms with Crippen molar-refractivity contribution in [3.63, 3.8) is 0 Å². The Labute approximate surface area is 128 Å². The molecule has 2 N–H and O–H groups in total. The molecule has 0 spiro atoms. The van der Waals surface area contributed by atoms with Crippen LogP contribution in [0.25, 0.3) is 0 Å². The summed E-state index contributed by atoms with van der Waals surface area (Å²) in [6.45, 7) is 5.71. The Hall–Kier alpha value is -1.95. The third-order valence-electron chi connectivity index (χ3n) is 2.97. The molecule has 21 heavy (non-hydrogen) atoms. The number of aromatic nitrogens is 1. The van der Waals surface area contributed by atoms with Gasteiger partial charge < -0.3 is 10.6 Å². The average molecular weight is 306 g/mol. The molecule has 2 aromatic rings. The quantitative estimate of drug-likeness (QED) is 0.660. The highest BCUT2D eigenvalue weighted by Crippen LogP contribution is 2.11. The van der Waals surface area contributed by atoms with Crippen LogP contribution in [-0.2, 0) is 13.1 Å². The lowest BCUT2D eigenvalue weighted by atomic mass is 10.2. The highest BCUT2D eigenvalue weighted by atomic mass is 32.1. The van der Waals surface area contributed by atoms with Gasteiger partial charge in [-0.2, -0.15) is 0 Å². The van der Waals surface area contributed by atoms with Gasteiger partial charge in [-0.3, -0.25) is 0 Å². The minimum Gasteiger partial charge on any atom is -0.357 e. The normalized spacial score (nSPS) is 11.5. The van der Waals surface area contributed by atoms with Crippen molar-refractivity contribution in [3.8, 4) is 0 Å². The number of nitrogens with zero attached hydrogens (tertiary/aromatic N) is 2. The van der Waals surface area contributed by atoms with Crippen LogP contribution in [0.3, 0.4) is 0 Å². The van der Waals surface area contributed by atoms with E-state index in [4.69, 9.17) is 0 Å². The fourth-order valence-corrected chi connectivity index (χ4v) is 2.51. The number of hydrogen-bond acceptors (Lipinski definition) is 3. The van der Waals surface area contributed by atoms with Crippen molar-refractivity contribution in [3.05, 3.63) is 51.7 Å². The van der Waals surface area contributed by atoms with E-state index in [9.17, 15) is 4.39 Å². The Morgan fingerprint density at radius 2 is 2.14 bits per heavy atom. The van der Waals surface area contributed by atoms with Gasteiger partial charge in [0.2, 0.25) is 0 Å². The molecule has 0 aliphatic heterocycles. The minimum absolute atomic E-state index is 0.226. The monoisotopic (exact) mass is 306 g/mol. The van der Waals surface area contributed by atoms with Gasteiger partial charge in [0.25, 0.3) is 0 Å². The lowest BCUT2D eigenvalue weighted by Crippen LogP contribution is -2.36. The highest BCUT2D eigenvalue weighted by Gasteiger charge is 2.04. The number of halogens is 1. The first kappa shape index (κ1) is 15.4. The van der Waals surface area contributed by atoms with Crippen LogP contribution in [0.4, 0.5) is 4.39 Å². The maximum Gasteiger partial charge on any atom is 0.191 e. The summed E-state index contributed by atoms with van der Waals surface area (Å²) in [5.41, 5.74) is 3.44. The summed E-state index contributed by atoms with van der Waals surface area (Å²) in [6.07, 6.45) is 0. The van der Waals surface area contributed by atoms with Gasteiger partial charge in [-0.25, -0.2) is 14.4 Å². The number of thiazole rings is 1. The Morgan fingerprint density at radius 3 is 2.81 bits per heavy atom. The predicted octanol–water partition coefficient (Wildman–Crippen LogP) is 2.85. The zero-order chi connectivity index (χ0) is 15.1. The van der Waals surface area contributed by atoms with Crippen LogP contribution in [-0.4, -0.2) is 17.5 Å². The number of aliphatic imine (C=N–C) groups is 1. The Balaban J connectivity index is 1.99. The molecule has 2 rings (SSSR count). The van der Waals surface area contributed by atoms with Gasteiger partial charge in [-0.05, 0) is 19.9 Å². The van der Waals surface area contributed by atoms with Crippen LogP contribution in [0.1, 0.15) is 23.1 Å². The van der Waals surface area contributed by atoms with E-state index in [1.54, 1.807) is 23.5 Å². The Bertz CT molecular complexity index is 609. The zero-order valence-electron chi connectivity index (χ0n) is 12.2. The molecule has 0 bridgehead atoms. The fraction of sp³-hybridized carbons (Fsp3) is 0.333. The topological polar surface area (TPSA) is 49.3 Å². The van der Waals surface area contributed by atoms with E-state index in [2.05, 4.69) is 20.6 Å². The van der Waals surface area contributed by atoms with Gasteiger partial charge in [0.05, 0.1) is 24.3 Å². The SMILES string of the molecule is CCNC(=NCc1ccccc1F)NCc1scnc1C. The molecule has 0 aliphatic carbocycles. The average Bonchev–Trinajstić information content (AvgIpc) is 2.89. The molecule has 0 saturated heterocycles. The van der Waals surface area contributed by atoms with Gasteiger partial charge in [0.15, 0.2) is 5.96 Å². The van der Waals surface area contributed by atoms with Crippen LogP contribution in [0.2, 0.25) is 0 Å². The molecule has 0 fully saturated rings. The van der Waals surface area contributed by atoms with E-state index >= 15 is 0 Å². The number of rotatable bonds is 5. The van der Waals surface area contributed by atoms with Crippen molar-refractivity contribution in [2.45, 2.75) is 26.9 Å². The largest absolute Gasteiger partial charge is 0.357 e. The van der Waals surface area contributed by atoms with E-state index in [-0.39, 0.29) is 5.82 Å². The molecule has 112 valence electrons. The fourth-order valence-electron chi connectivity index (χ4n) is 1.79. The van der Waals surface area contributed by atoms with E-state index < -0.39 is 0 Å².